The van der Waals surface area contributed by atoms with Gasteiger partial charge >= 0.3 is 0 Å². The van der Waals surface area contributed by atoms with Gasteiger partial charge in [0.25, 0.3) is 0 Å². The van der Waals surface area contributed by atoms with Crippen molar-refractivity contribution in [1.82, 2.24) is 5.32 Å². The molecule has 0 saturated heterocycles. The van der Waals surface area contributed by atoms with Crippen LogP contribution < -0.4 is 5.32 Å². The zero-order chi connectivity index (χ0) is 7.98. The summed E-state index contributed by atoms with van der Waals surface area (Å²) < 4.78 is 0. The summed E-state index contributed by atoms with van der Waals surface area (Å²) in [5, 5.41) is 2.62. The molecule has 0 aromatic carbocycles. The molecule has 2 nitrogen and oxygen atoms in total. The first kappa shape index (κ1) is 9.47. The van der Waals surface area contributed by atoms with Crippen LogP contribution >= 0.6 is 0 Å². The number of rotatable bonds is 4. The van der Waals surface area contributed by atoms with Gasteiger partial charge in [-0.1, -0.05) is 26.7 Å². The third-order valence-electron chi connectivity index (χ3n) is 1.59. The van der Waals surface area contributed by atoms with Gasteiger partial charge < -0.3 is 5.32 Å². The second kappa shape index (κ2) is 5.27. The molecule has 0 aliphatic heterocycles. The molecule has 0 aliphatic carbocycles. The van der Waals surface area contributed by atoms with Gasteiger partial charge in [0.05, 0.1) is 0 Å². The molecule has 60 valence electrons. The van der Waals surface area contributed by atoms with E-state index in [1.165, 1.54) is 0 Å². The van der Waals surface area contributed by atoms with E-state index in [1.54, 1.807) is 7.05 Å². The molecule has 0 saturated carbocycles. The molecule has 0 radical (unpaired) electrons. The fraction of sp³-hybridized carbons (Fsp3) is 0.875. The molecule has 1 unspecified atom stereocenters. The van der Waals surface area contributed by atoms with Crippen LogP contribution in [-0.2, 0) is 4.79 Å². The lowest BCUT2D eigenvalue weighted by Gasteiger charge is -2.07. The molecular formula is C8H17NO. The Bertz CT molecular complexity index is 101. The monoisotopic (exact) mass is 143 g/mol. The van der Waals surface area contributed by atoms with E-state index in [2.05, 4.69) is 19.2 Å². The number of hydrogen-bond acceptors (Lipinski definition) is 1. The maximum atomic E-state index is 10.8. The van der Waals surface area contributed by atoms with Crippen molar-refractivity contribution < 1.29 is 4.79 Å². The minimum Gasteiger partial charge on any atom is -0.359 e. The maximum Gasteiger partial charge on any atom is 0.220 e. The van der Waals surface area contributed by atoms with Gasteiger partial charge in [-0.05, 0) is 5.92 Å². The van der Waals surface area contributed by atoms with Gasteiger partial charge in [-0.15, -0.1) is 0 Å². The van der Waals surface area contributed by atoms with Crippen LogP contribution in [0.1, 0.15) is 33.1 Å². The number of carbonyl (C=O) groups is 1. The summed E-state index contributed by atoms with van der Waals surface area (Å²) >= 11 is 0. The summed E-state index contributed by atoms with van der Waals surface area (Å²) in [7, 11) is 1.68. The summed E-state index contributed by atoms with van der Waals surface area (Å²) in [6.07, 6.45) is 2.98. The maximum absolute atomic E-state index is 10.8. The topological polar surface area (TPSA) is 29.1 Å². The van der Waals surface area contributed by atoms with E-state index < -0.39 is 0 Å². The van der Waals surface area contributed by atoms with E-state index in [0.717, 1.165) is 12.8 Å². The molecule has 0 aliphatic rings. The molecule has 0 rings (SSSR count). The van der Waals surface area contributed by atoms with E-state index in [4.69, 9.17) is 0 Å². The molecule has 0 spiro atoms. The summed E-state index contributed by atoms with van der Waals surface area (Å²) in [5.41, 5.74) is 0. The minimum absolute atomic E-state index is 0.154. The Hall–Kier alpha value is -0.530. The van der Waals surface area contributed by atoms with Gasteiger partial charge in [0.15, 0.2) is 0 Å². The Labute approximate surface area is 63.0 Å². The van der Waals surface area contributed by atoms with E-state index in [9.17, 15) is 4.79 Å². The number of hydrogen-bond donors (Lipinski definition) is 1. The summed E-state index contributed by atoms with van der Waals surface area (Å²) in [6.45, 7) is 4.25. The normalized spacial score (nSPS) is 12.7. The van der Waals surface area contributed by atoms with Crippen LogP contribution in [0.5, 0.6) is 0 Å². The lowest BCUT2D eigenvalue weighted by molar-refractivity contribution is -0.121. The Morgan fingerprint density at radius 3 is 2.60 bits per heavy atom. The van der Waals surface area contributed by atoms with Gasteiger partial charge in [0, 0.05) is 13.5 Å². The first-order valence-corrected chi connectivity index (χ1v) is 3.91. The molecule has 1 N–H and O–H groups in total. The van der Waals surface area contributed by atoms with Crippen molar-refractivity contribution in [3.8, 4) is 0 Å². The number of carbonyl (C=O) groups excluding carboxylic acids is 1. The molecule has 0 heterocycles. The first-order chi connectivity index (χ1) is 4.70. The van der Waals surface area contributed by atoms with Gasteiger partial charge in [0.2, 0.25) is 5.91 Å². The standard InChI is InChI=1S/C8H17NO/c1-4-5-7(2)6-8(10)9-3/h7H,4-6H2,1-3H3,(H,9,10). The molecule has 1 amide bonds. The van der Waals surface area contributed by atoms with Crippen molar-refractivity contribution in [3.63, 3.8) is 0 Å². The largest absolute Gasteiger partial charge is 0.359 e. The smallest absolute Gasteiger partial charge is 0.220 e. The van der Waals surface area contributed by atoms with Crippen LogP contribution in [0, 0.1) is 5.92 Å². The van der Waals surface area contributed by atoms with Crippen molar-refractivity contribution >= 4 is 5.91 Å². The number of amides is 1. The molecule has 0 bridgehead atoms. The Kier molecular flexibility index (Phi) is 4.99. The zero-order valence-corrected chi connectivity index (χ0v) is 7.11. The fourth-order valence-electron chi connectivity index (χ4n) is 1.01. The summed E-state index contributed by atoms with van der Waals surface area (Å²) in [6, 6.07) is 0. The van der Waals surface area contributed by atoms with Crippen molar-refractivity contribution in [1.29, 1.82) is 0 Å². The Morgan fingerprint density at radius 1 is 1.60 bits per heavy atom. The molecule has 0 fully saturated rings. The second-order valence-electron chi connectivity index (χ2n) is 2.77. The highest BCUT2D eigenvalue weighted by molar-refractivity contribution is 5.75. The third-order valence-corrected chi connectivity index (χ3v) is 1.59. The van der Waals surface area contributed by atoms with Crippen molar-refractivity contribution in [3.05, 3.63) is 0 Å². The molecule has 0 aromatic heterocycles. The predicted octanol–water partition coefficient (Wildman–Crippen LogP) is 1.56. The highest BCUT2D eigenvalue weighted by Crippen LogP contribution is 2.08. The Morgan fingerprint density at radius 2 is 2.20 bits per heavy atom. The third kappa shape index (κ3) is 4.36. The van der Waals surface area contributed by atoms with Crippen LogP contribution in [0.15, 0.2) is 0 Å². The summed E-state index contributed by atoms with van der Waals surface area (Å²) in [5.74, 6) is 0.686. The second-order valence-corrected chi connectivity index (χ2v) is 2.77. The van der Waals surface area contributed by atoms with E-state index >= 15 is 0 Å². The quantitative estimate of drug-likeness (QED) is 0.635. The van der Waals surface area contributed by atoms with Crippen LogP contribution in [0.25, 0.3) is 0 Å². The minimum atomic E-state index is 0.154. The zero-order valence-electron chi connectivity index (χ0n) is 7.11. The van der Waals surface area contributed by atoms with Crippen molar-refractivity contribution in [2.75, 3.05) is 7.05 Å². The van der Waals surface area contributed by atoms with Gasteiger partial charge in [-0.2, -0.15) is 0 Å². The highest BCUT2D eigenvalue weighted by atomic mass is 16.1. The van der Waals surface area contributed by atoms with Crippen molar-refractivity contribution in [2.45, 2.75) is 33.1 Å². The highest BCUT2D eigenvalue weighted by Gasteiger charge is 2.04. The molecule has 1 atom stereocenters. The van der Waals surface area contributed by atoms with E-state index in [0.29, 0.717) is 12.3 Å². The van der Waals surface area contributed by atoms with Crippen LogP contribution in [-0.4, -0.2) is 13.0 Å². The molecule has 2 heteroatoms. The van der Waals surface area contributed by atoms with Gasteiger partial charge in [-0.25, -0.2) is 0 Å². The molecule has 10 heavy (non-hydrogen) atoms. The SMILES string of the molecule is CCCC(C)CC(=O)NC. The summed E-state index contributed by atoms with van der Waals surface area (Å²) in [4.78, 5) is 10.8. The lowest BCUT2D eigenvalue weighted by atomic mass is 10.0. The van der Waals surface area contributed by atoms with E-state index in [1.807, 2.05) is 0 Å². The fourth-order valence-corrected chi connectivity index (χ4v) is 1.01. The van der Waals surface area contributed by atoms with Gasteiger partial charge in [0.1, 0.15) is 0 Å². The average Bonchev–Trinajstić information content (AvgIpc) is 1.88. The lowest BCUT2D eigenvalue weighted by Crippen LogP contribution is -2.20. The average molecular weight is 143 g/mol. The van der Waals surface area contributed by atoms with Crippen LogP contribution in [0.2, 0.25) is 0 Å². The first-order valence-electron chi connectivity index (χ1n) is 3.91. The predicted molar refractivity (Wildman–Crippen MR) is 42.8 cm³/mol. The Balaban J connectivity index is 3.37. The number of nitrogens with one attached hydrogen (secondary N) is 1. The van der Waals surface area contributed by atoms with Crippen LogP contribution in [0.4, 0.5) is 0 Å². The molecule has 0 aromatic rings. The van der Waals surface area contributed by atoms with Crippen molar-refractivity contribution in [2.24, 2.45) is 5.92 Å². The van der Waals surface area contributed by atoms with Crippen LogP contribution in [0.3, 0.4) is 0 Å². The molecular weight excluding hydrogens is 126 g/mol. The van der Waals surface area contributed by atoms with Gasteiger partial charge in [-0.3, -0.25) is 4.79 Å². The van der Waals surface area contributed by atoms with E-state index in [-0.39, 0.29) is 5.91 Å².